The highest BCUT2D eigenvalue weighted by Gasteiger charge is 2.28. The maximum atomic E-state index is 5.67. The normalized spacial score (nSPS) is 17.9. The van der Waals surface area contributed by atoms with Crippen molar-refractivity contribution in [1.29, 1.82) is 0 Å². The second-order valence-corrected chi connectivity index (χ2v) is 6.58. The Hall–Kier alpha value is -0.380. The van der Waals surface area contributed by atoms with Gasteiger partial charge in [-0.05, 0) is 36.3 Å². The molecule has 15 heavy (non-hydrogen) atoms. The summed E-state index contributed by atoms with van der Waals surface area (Å²) in [5.41, 5.74) is 4.69. The number of rotatable bonds is 2. The summed E-state index contributed by atoms with van der Waals surface area (Å²) in [4.78, 5) is 2.98. The van der Waals surface area contributed by atoms with E-state index in [1.807, 2.05) is 11.3 Å². The van der Waals surface area contributed by atoms with Crippen LogP contribution in [0.3, 0.4) is 0 Å². The molecule has 0 aliphatic heterocycles. The molecule has 0 amide bonds. The lowest BCUT2D eigenvalue weighted by Gasteiger charge is -2.29. The molecule has 1 aromatic heterocycles. The molecule has 0 saturated heterocycles. The fourth-order valence-corrected chi connectivity index (χ4v) is 3.82. The van der Waals surface area contributed by atoms with Gasteiger partial charge in [0.15, 0.2) is 0 Å². The predicted molar refractivity (Wildman–Crippen MR) is 65.9 cm³/mol. The maximum Gasteiger partial charge on any atom is 0.0601 e. The molecule has 0 saturated carbocycles. The summed E-state index contributed by atoms with van der Waals surface area (Å²) in [6.07, 6.45) is 3.85. The smallest absolute Gasteiger partial charge is 0.0601 e. The van der Waals surface area contributed by atoms with Gasteiger partial charge in [-0.15, -0.1) is 11.3 Å². The van der Waals surface area contributed by atoms with Crippen molar-refractivity contribution in [3.63, 3.8) is 0 Å². The molecule has 1 unspecified atom stereocenters. The van der Waals surface area contributed by atoms with E-state index in [2.05, 4.69) is 32.3 Å². The molecule has 0 radical (unpaired) electrons. The topological polar surface area (TPSA) is 38.0 Å². The highest BCUT2D eigenvalue weighted by atomic mass is 32.1. The van der Waals surface area contributed by atoms with Crippen molar-refractivity contribution < 1.29 is 0 Å². The molecule has 3 N–H and O–H groups in total. The van der Waals surface area contributed by atoms with Crippen molar-refractivity contribution in [2.75, 3.05) is 0 Å². The van der Waals surface area contributed by atoms with Crippen molar-refractivity contribution >= 4 is 11.3 Å². The minimum atomic E-state index is 0.174. The Morgan fingerprint density at radius 2 is 2.13 bits per heavy atom. The van der Waals surface area contributed by atoms with Gasteiger partial charge in [0, 0.05) is 9.75 Å². The van der Waals surface area contributed by atoms with E-state index in [4.69, 9.17) is 5.84 Å². The molecule has 84 valence electrons. The van der Waals surface area contributed by atoms with Crippen LogP contribution in [0.2, 0.25) is 0 Å². The zero-order valence-corrected chi connectivity index (χ0v) is 10.6. The molecule has 0 bridgehead atoms. The van der Waals surface area contributed by atoms with E-state index in [-0.39, 0.29) is 11.5 Å². The fourth-order valence-electron chi connectivity index (χ4n) is 2.25. The number of nitrogens with one attached hydrogen (secondary N) is 1. The molecule has 1 heterocycles. The number of hydrogen-bond donors (Lipinski definition) is 2. The van der Waals surface area contributed by atoms with Gasteiger partial charge in [-0.3, -0.25) is 11.3 Å². The van der Waals surface area contributed by atoms with Gasteiger partial charge < -0.3 is 0 Å². The highest BCUT2D eigenvalue weighted by molar-refractivity contribution is 7.12. The van der Waals surface area contributed by atoms with Crippen LogP contribution in [-0.2, 0) is 12.8 Å². The lowest BCUT2D eigenvalue weighted by atomic mass is 9.86. The van der Waals surface area contributed by atoms with Crippen LogP contribution in [0.1, 0.15) is 48.6 Å². The molecular formula is C12H20N2S. The summed E-state index contributed by atoms with van der Waals surface area (Å²) in [6, 6.07) is 2.62. The first kappa shape index (κ1) is 11.1. The van der Waals surface area contributed by atoms with E-state index < -0.39 is 0 Å². The number of aryl methyl sites for hydroxylation is 2. The average molecular weight is 224 g/mol. The zero-order chi connectivity index (χ0) is 11.1. The Labute approximate surface area is 95.8 Å². The van der Waals surface area contributed by atoms with Gasteiger partial charge in [-0.25, -0.2) is 0 Å². The third-order valence-electron chi connectivity index (χ3n) is 3.08. The molecule has 0 spiro atoms. The van der Waals surface area contributed by atoms with Gasteiger partial charge >= 0.3 is 0 Å². The molecule has 2 rings (SSSR count). The van der Waals surface area contributed by atoms with E-state index in [1.165, 1.54) is 24.1 Å². The summed E-state index contributed by atoms with van der Waals surface area (Å²) in [6.45, 7) is 6.67. The molecule has 1 aliphatic rings. The van der Waals surface area contributed by atoms with Gasteiger partial charge in [0.1, 0.15) is 0 Å². The molecule has 3 heteroatoms. The molecule has 1 aliphatic carbocycles. The largest absolute Gasteiger partial charge is 0.271 e. The second kappa shape index (κ2) is 3.89. The highest BCUT2D eigenvalue weighted by Crippen LogP contribution is 2.39. The van der Waals surface area contributed by atoms with Crippen molar-refractivity contribution in [2.24, 2.45) is 11.3 Å². The summed E-state index contributed by atoms with van der Waals surface area (Å²) >= 11 is 1.94. The average Bonchev–Trinajstić information content (AvgIpc) is 2.61. The van der Waals surface area contributed by atoms with Gasteiger partial charge in [0.05, 0.1) is 6.04 Å². The maximum absolute atomic E-state index is 5.67. The van der Waals surface area contributed by atoms with E-state index in [1.54, 1.807) is 10.4 Å². The van der Waals surface area contributed by atoms with Gasteiger partial charge in [0.25, 0.3) is 0 Å². The van der Waals surface area contributed by atoms with Crippen LogP contribution < -0.4 is 11.3 Å². The van der Waals surface area contributed by atoms with Crippen molar-refractivity contribution in [3.8, 4) is 0 Å². The minimum absolute atomic E-state index is 0.174. The van der Waals surface area contributed by atoms with Crippen molar-refractivity contribution in [2.45, 2.75) is 46.1 Å². The molecule has 0 aromatic carbocycles. The van der Waals surface area contributed by atoms with E-state index in [0.717, 1.165) is 0 Å². The predicted octanol–water partition coefficient (Wildman–Crippen LogP) is 2.79. The lowest BCUT2D eigenvalue weighted by Crippen LogP contribution is -2.36. The third kappa shape index (κ3) is 2.10. The standard InChI is InChI=1S/C12H20N2S/c1-12(2,3)11(14-13)10-7-8-5-4-6-9(8)15-10/h7,11,14H,4-6,13H2,1-3H3. The number of nitrogens with two attached hydrogens (primary N) is 1. The lowest BCUT2D eigenvalue weighted by molar-refractivity contribution is 0.279. The Bertz CT molecular complexity index is 327. The van der Waals surface area contributed by atoms with Crippen LogP contribution in [-0.4, -0.2) is 0 Å². The number of hydrazine groups is 1. The summed E-state index contributed by atoms with van der Waals surface area (Å²) < 4.78 is 0. The Morgan fingerprint density at radius 1 is 1.40 bits per heavy atom. The molecular weight excluding hydrogens is 204 g/mol. The number of thiophene rings is 1. The number of fused-ring (bicyclic) bond motifs is 1. The molecule has 2 nitrogen and oxygen atoms in total. The second-order valence-electron chi connectivity index (χ2n) is 5.42. The van der Waals surface area contributed by atoms with E-state index >= 15 is 0 Å². The first-order valence-corrected chi connectivity index (χ1v) is 6.41. The quantitative estimate of drug-likeness (QED) is 0.599. The van der Waals surface area contributed by atoms with Gasteiger partial charge in [-0.1, -0.05) is 20.8 Å². The minimum Gasteiger partial charge on any atom is -0.271 e. The SMILES string of the molecule is CC(C)(C)C(NN)c1cc2c(s1)CCC2. The summed E-state index contributed by atoms with van der Waals surface area (Å²) in [5, 5.41) is 0. The monoisotopic (exact) mass is 224 g/mol. The van der Waals surface area contributed by atoms with E-state index in [9.17, 15) is 0 Å². The Morgan fingerprint density at radius 3 is 2.67 bits per heavy atom. The first-order valence-electron chi connectivity index (χ1n) is 5.60. The van der Waals surface area contributed by atoms with Gasteiger partial charge in [-0.2, -0.15) is 0 Å². The van der Waals surface area contributed by atoms with Gasteiger partial charge in [0.2, 0.25) is 0 Å². The summed E-state index contributed by atoms with van der Waals surface area (Å²) in [5.74, 6) is 5.67. The molecule has 1 atom stereocenters. The summed E-state index contributed by atoms with van der Waals surface area (Å²) in [7, 11) is 0. The van der Waals surface area contributed by atoms with Crippen LogP contribution >= 0.6 is 11.3 Å². The first-order chi connectivity index (χ1) is 7.02. The van der Waals surface area contributed by atoms with Crippen molar-refractivity contribution in [3.05, 3.63) is 21.4 Å². The molecule has 0 fully saturated rings. The van der Waals surface area contributed by atoms with Crippen LogP contribution in [0.25, 0.3) is 0 Å². The van der Waals surface area contributed by atoms with Crippen molar-refractivity contribution in [1.82, 2.24) is 5.43 Å². The fraction of sp³-hybridized carbons (Fsp3) is 0.667. The zero-order valence-electron chi connectivity index (χ0n) is 9.76. The van der Waals surface area contributed by atoms with Crippen LogP contribution in [0.15, 0.2) is 6.07 Å². The van der Waals surface area contributed by atoms with E-state index in [0.29, 0.717) is 0 Å². The molecule has 1 aromatic rings. The van der Waals surface area contributed by atoms with Crippen LogP contribution in [0, 0.1) is 5.41 Å². The Kier molecular flexibility index (Phi) is 2.88. The van der Waals surface area contributed by atoms with Crippen LogP contribution in [0.5, 0.6) is 0 Å². The van der Waals surface area contributed by atoms with Crippen LogP contribution in [0.4, 0.5) is 0 Å². The number of hydrogen-bond acceptors (Lipinski definition) is 3. The Balaban J connectivity index is 2.28. The third-order valence-corrected chi connectivity index (χ3v) is 4.38.